The van der Waals surface area contributed by atoms with Gasteiger partial charge in [0, 0.05) is 6.42 Å². The number of carbonyl (C=O) groups excluding carboxylic acids is 1. The highest BCUT2D eigenvalue weighted by molar-refractivity contribution is 5.94. The predicted molar refractivity (Wildman–Crippen MR) is 64.7 cm³/mol. The largest absolute Gasteiger partial charge is 0.295 e. The summed E-state index contributed by atoms with van der Waals surface area (Å²) < 4.78 is 0. The Labute approximate surface area is 93.3 Å². The van der Waals surface area contributed by atoms with Gasteiger partial charge in [0.1, 0.15) is 0 Å². The summed E-state index contributed by atoms with van der Waals surface area (Å²) in [5, 5.41) is 0. The topological polar surface area (TPSA) is 17.1 Å². The number of rotatable bonds is 3. The lowest BCUT2D eigenvalue weighted by molar-refractivity contribution is -0.115. The number of ketones is 1. The first-order chi connectivity index (χ1) is 7.04. The van der Waals surface area contributed by atoms with Crippen LogP contribution in [0.4, 0.5) is 0 Å². The van der Waals surface area contributed by atoms with Crippen molar-refractivity contribution >= 4 is 5.78 Å². The zero-order chi connectivity index (χ0) is 11.4. The van der Waals surface area contributed by atoms with E-state index in [1.165, 1.54) is 18.4 Å². The van der Waals surface area contributed by atoms with Crippen LogP contribution in [0.1, 0.15) is 47.0 Å². The van der Waals surface area contributed by atoms with Crippen molar-refractivity contribution in [2.24, 2.45) is 11.8 Å². The average Bonchev–Trinajstić information content (AvgIpc) is 2.20. The van der Waals surface area contributed by atoms with Crippen LogP contribution < -0.4 is 0 Å². The standard InChI is InChI=1S/C14H22O/c1-5-14(15)12(4)9-13-7-6-10(2)8-11(13)3/h8-9,11,13H,5-7H2,1-4H3/t11-,13+/m1/s1. The highest BCUT2D eigenvalue weighted by Crippen LogP contribution is 2.30. The first-order valence-corrected chi connectivity index (χ1v) is 5.93. The van der Waals surface area contributed by atoms with Crippen LogP contribution in [-0.4, -0.2) is 5.78 Å². The third kappa shape index (κ3) is 3.33. The van der Waals surface area contributed by atoms with Gasteiger partial charge in [-0.1, -0.05) is 31.6 Å². The van der Waals surface area contributed by atoms with Crippen LogP contribution in [0.15, 0.2) is 23.3 Å². The highest BCUT2D eigenvalue weighted by Gasteiger charge is 2.18. The molecule has 0 aromatic heterocycles. The minimum atomic E-state index is 0.286. The van der Waals surface area contributed by atoms with E-state index >= 15 is 0 Å². The Morgan fingerprint density at radius 2 is 2.27 bits per heavy atom. The molecule has 1 heteroatoms. The second-order valence-corrected chi connectivity index (χ2v) is 4.70. The summed E-state index contributed by atoms with van der Waals surface area (Å²) in [6, 6.07) is 0. The smallest absolute Gasteiger partial charge is 0.157 e. The molecule has 84 valence electrons. The van der Waals surface area contributed by atoms with Crippen molar-refractivity contribution in [1.82, 2.24) is 0 Å². The minimum Gasteiger partial charge on any atom is -0.295 e. The molecule has 0 aromatic carbocycles. The lowest BCUT2D eigenvalue weighted by Crippen LogP contribution is -2.14. The number of allylic oxidation sites excluding steroid dienone is 4. The summed E-state index contributed by atoms with van der Waals surface area (Å²) in [6.07, 6.45) is 7.52. The van der Waals surface area contributed by atoms with Crippen molar-refractivity contribution in [3.8, 4) is 0 Å². The molecule has 2 atom stereocenters. The molecule has 0 unspecified atom stereocenters. The number of carbonyl (C=O) groups is 1. The summed E-state index contributed by atoms with van der Waals surface area (Å²) in [6.45, 7) is 8.31. The second-order valence-electron chi connectivity index (χ2n) is 4.70. The van der Waals surface area contributed by atoms with Crippen LogP contribution in [0.5, 0.6) is 0 Å². The van der Waals surface area contributed by atoms with Gasteiger partial charge in [-0.15, -0.1) is 0 Å². The normalized spacial score (nSPS) is 27.5. The maximum Gasteiger partial charge on any atom is 0.157 e. The Kier molecular flexibility index (Phi) is 4.31. The fourth-order valence-electron chi connectivity index (χ4n) is 2.24. The van der Waals surface area contributed by atoms with Crippen LogP contribution in [-0.2, 0) is 4.79 Å². The molecule has 0 saturated heterocycles. The van der Waals surface area contributed by atoms with E-state index in [1.807, 2.05) is 13.8 Å². The quantitative estimate of drug-likeness (QED) is 0.505. The van der Waals surface area contributed by atoms with Gasteiger partial charge in [-0.3, -0.25) is 4.79 Å². The van der Waals surface area contributed by atoms with E-state index in [9.17, 15) is 4.79 Å². The molecule has 1 aliphatic carbocycles. The highest BCUT2D eigenvalue weighted by atomic mass is 16.1. The maximum atomic E-state index is 11.5. The Morgan fingerprint density at radius 3 is 2.80 bits per heavy atom. The lowest BCUT2D eigenvalue weighted by Gasteiger charge is -2.24. The average molecular weight is 206 g/mol. The van der Waals surface area contributed by atoms with Gasteiger partial charge in [0.05, 0.1) is 0 Å². The molecule has 1 nitrogen and oxygen atoms in total. The van der Waals surface area contributed by atoms with Crippen LogP contribution in [0.25, 0.3) is 0 Å². The van der Waals surface area contributed by atoms with E-state index in [1.54, 1.807) is 0 Å². The molecule has 0 heterocycles. The molecular weight excluding hydrogens is 184 g/mol. The SMILES string of the molecule is CCC(=O)C(C)=C[C@@H]1CCC(C)=C[C@H]1C. The molecule has 0 radical (unpaired) electrons. The van der Waals surface area contributed by atoms with Crippen LogP contribution >= 0.6 is 0 Å². The number of hydrogen-bond acceptors (Lipinski definition) is 1. The van der Waals surface area contributed by atoms with Gasteiger partial charge in [0.2, 0.25) is 0 Å². The van der Waals surface area contributed by atoms with E-state index in [0.29, 0.717) is 18.3 Å². The number of Topliss-reactive ketones (excluding diaryl/α,β-unsaturated/α-hetero) is 1. The van der Waals surface area contributed by atoms with Gasteiger partial charge in [-0.2, -0.15) is 0 Å². The molecule has 0 spiro atoms. The molecule has 1 aliphatic rings. The van der Waals surface area contributed by atoms with E-state index in [4.69, 9.17) is 0 Å². The third-order valence-corrected chi connectivity index (χ3v) is 3.32. The molecule has 0 aliphatic heterocycles. The predicted octanol–water partition coefficient (Wildman–Crippen LogP) is 3.90. The van der Waals surface area contributed by atoms with Crippen LogP contribution in [0.2, 0.25) is 0 Å². The molecule has 15 heavy (non-hydrogen) atoms. The molecule has 0 bridgehead atoms. The molecule has 1 rings (SSSR count). The van der Waals surface area contributed by atoms with Crippen molar-refractivity contribution in [2.75, 3.05) is 0 Å². The zero-order valence-corrected chi connectivity index (χ0v) is 10.3. The Morgan fingerprint density at radius 1 is 1.60 bits per heavy atom. The Hall–Kier alpha value is -0.850. The summed E-state index contributed by atoms with van der Waals surface area (Å²) in [7, 11) is 0. The molecule has 0 fully saturated rings. The van der Waals surface area contributed by atoms with Crippen LogP contribution in [0.3, 0.4) is 0 Å². The van der Waals surface area contributed by atoms with Crippen molar-refractivity contribution in [2.45, 2.75) is 47.0 Å². The van der Waals surface area contributed by atoms with Crippen molar-refractivity contribution in [3.05, 3.63) is 23.3 Å². The first kappa shape index (κ1) is 12.2. The van der Waals surface area contributed by atoms with Gasteiger partial charge in [0.25, 0.3) is 0 Å². The monoisotopic (exact) mass is 206 g/mol. The Balaban J connectivity index is 2.71. The number of hydrogen-bond donors (Lipinski definition) is 0. The molecule has 0 N–H and O–H groups in total. The Bertz CT molecular complexity index is 296. The van der Waals surface area contributed by atoms with Gasteiger partial charge in [-0.05, 0) is 44.1 Å². The third-order valence-electron chi connectivity index (χ3n) is 3.32. The second kappa shape index (κ2) is 5.29. The summed E-state index contributed by atoms with van der Waals surface area (Å²) in [4.78, 5) is 11.5. The summed E-state index contributed by atoms with van der Waals surface area (Å²) >= 11 is 0. The van der Waals surface area contributed by atoms with E-state index < -0.39 is 0 Å². The maximum absolute atomic E-state index is 11.5. The van der Waals surface area contributed by atoms with Gasteiger partial charge in [-0.25, -0.2) is 0 Å². The summed E-state index contributed by atoms with van der Waals surface area (Å²) in [5.41, 5.74) is 2.44. The lowest BCUT2D eigenvalue weighted by atomic mass is 9.81. The van der Waals surface area contributed by atoms with Crippen LogP contribution in [0, 0.1) is 11.8 Å². The zero-order valence-electron chi connectivity index (χ0n) is 10.3. The van der Waals surface area contributed by atoms with E-state index in [0.717, 1.165) is 5.57 Å². The molecule has 0 aromatic rings. The fourth-order valence-corrected chi connectivity index (χ4v) is 2.24. The molecular formula is C14H22O. The van der Waals surface area contributed by atoms with Crippen molar-refractivity contribution in [1.29, 1.82) is 0 Å². The van der Waals surface area contributed by atoms with E-state index in [-0.39, 0.29) is 5.78 Å². The van der Waals surface area contributed by atoms with Gasteiger partial charge >= 0.3 is 0 Å². The van der Waals surface area contributed by atoms with Gasteiger partial charge < -0.3 is 0 Å². The molecule has 0 amide bonds. The van der Waals surface area contributed by atoms with Crippen molar-refractivity contribution < 1.29 is 4.79 Å². The first-order valence-electron chi connectivity index (χ1n) is 5.93. The summed E-state index contributed by atoms with van der Waals surface area (Å²) in [5.74, 6) is 1.43. The van der Waals surface area contributed by atoms with Gasteiger partial charge in [0.15, 0.2) is 5.78 Å². The minimum absolute atomic E-state index is 0.286. The van der Waals surface area contributed by atoms with E-state index in [2.05, 4.69) is 26.0 Å². The fraction of sp³-hybridized carbons (Fsp3) is 0.643. The van der Waals surface area contributed by atoms with Crippen molar-refractivity contribution in [3.63, 3.8) is 0 Å². The molecule has 0 saturated carbocycles.